The van der Waals surface area contributed by atoms with E-state index in [1.54, 1.807) is 0 Å². The molecule has 7 heteroatoms. The maximum Gasteiger partial charge on any atom is 0.238 e. The molecule has 2 aliphatic rings. The minimum absolute atomic E-state index is 0.000694. The van der Waals surface area contributed by atoms with Crippen LogP contribution in [0, 0.1) is 0 Å². The van der Waals surface area contributed by atoms with Crippen LogP contribution < -0.4 is 10.6 Å². The first-order valence-electron chi connectivity index (χ1n) is 6.70. The summed E-state index contributed by atoms with van der Waals surface area (Å²) in [7, 11) is 0. The first kappa shape index (κ1) is 13.4. The summed E-state index contributed by atoms with van der Waals surface area (Å²) in [4.78, 5) is 14.4. The second kappa shape index (κ2) is 5.82. The third-order valence-corrected chi connectivity index (χ3v) is 4.09. The topological polar surface area (TPSA) is 69.1 Å². The van der Waals surface area contributed by atoms with Gasteiger partial charge in [0.05, 0.1) is 23.6 Å². The number of amides is 1. The molecule has 1 fully saturated rings. The van der Waals surface area contributed by atoms with E-state index in [-0.39, 0.29) is 5.91 Å². The molecular formula is C13H17N5OS. The third kappa shape index (κ3) is 2.79. The Morgan fingerprint density at radius 2 is 2.45 bits per heavy atom. The van der Waals surface area contributed by atoms with Crippen molar-refractivity contribution < 1.29 is 4.79 Å². The van der Waals surface area contributed by atoms with E-state index in [2.05, 4.69) is 31.2 Å². The fourth-order valence-corrected chi connectivity index (χ4v) is 2.95. The van der Waals surface area contributed by atoms with Crippen molar-refractivity contribution in [2.75, 3.05) is 31.5 Å². The van der Waals surface area contributed by atoms with Crippen LogP contribution >= 0.6 is 0 Å². The summed E-state index contributed by atoms with van der Waals surface area (Å²) in [5, 5.41) is 6.26. The Hall–Kier alpha value is -1.57. The van der Waals surface area contributed by atoms with Gasteiger partial charge in [-0.25, -0.2) is 0 Å². The van der Waals surface area contributed by atoms with Gasteiger partial charge in [0, 0.05) is 25.7 Å². The van der Waals surface area contributed by atoms with Gasteiger partial charge in [-0.05, 0) is 19.1 Å². The molecular weight excluding hydrogens is 274 g/mol. The minimum Gasteiger partial charge on any atom is -0.323 e. The third-order valence-electron chi connectivity index (χ3n) is 3.55. The van der Waals surface area contributed by atoms with Crippen molar-refractivity contribution in [3.8, 4) is 0 Å². The Kier molecular flexibility index (Phi) is 3.90. The van der Waals surface area contributed by atoms with Gasteiger partial charge in [0.25, 0.3) is 0 Å². The zero-order valence-corrected chi connectivity index (χ0v) is 12.1. The van der Waals surface area contributed by atoms with Crippen molar-refractivity contribution in [3.63, 3.8) is 0 Å². The molecule has 2 aliphatic heterocycles. The van der Waals surface area contributed by atoms with Crippen molar-refractivity contribution in [2.45, 2.75) is 13.0 Å². The second-order valence-corrected chi connectivity index (χ2v) is 5.54. The number of nitrogens with zero attached hydrogens (tertiary/aromatic N) is 3. The van der Waals surface area contributed by atoms with Gasteiger partial charge in [-0.15, -0.1) is 0 Å². The van der Waals surface area contributed by atoms with Gasteiger partial charge in [-0.2, -0.15) is 8.73 Å². The molecule has 1 amide bonds. The van der Waals surface area contributed by atoms with Gasteiger partial charge >= 0.3 is 0 Å². The van der Waals surface area contributed by atoms with Crippen molar-refractivity contribution in [1.82, 2.24) is 10.2 Å². The summed E-state index contributed by atoms with van der Waals surface area (Å²) < 4.78 is 8.40. The molecule has 0 unspecified atom stereocenters. The van der Waals surface area contributed by atoms with Gasteiger partial charge in [-0.1, -0.05) is 6.07 Å². The number of rotatable bonds is 3. The number of nitrogens with one attached hydrogen (secondary N) is 2. The summed E-state index contributed by atoms with van der Waals surface area (Å²) in [6.45, 7) is 5.31. The Morgan fingerprint density at radius 3 is 3.30 bits per heavy atom. The summed E-state index contributed by atoms with van der Waals surface area (Å²) in [5.74, 6) is -0.000694. The van der Waals surface area contributed by atoms with Crippen molar-refractivity contribution in [2.24, 2.45) is 8.73 Å². The number of benzene rings is 1. The average molecular weight is 291 g/mol. The van der Waals surface area contributed by atoms with Gasteiger partial charge in [0.2, 0.25) is 5.91 Å². The zero-order chi connectivity index (χ0) is 13.9. The monoisotopic (exact) mass is 291 g/mol. The summed E-state index contributed by atoms with van der Waals surface area (Å²) in [5.41, 5.74) is 2.33. The van der Waals surface area contributed by atoms with Gasteiger partial charge < -0.3 is 10.6 Å². The van der Waals surface area contributed by atoms with Gasteiger partial charge in [0.1, 0.15) is 11.4 Å². The Morgan fingerprint density at radius 1 is 1.55 bits per heavy atom. The van der Waals surface area contributed by atoms with Crippen molar-refractivity contribution >= 4 is 34.3 Å². The average Bonchev–Trinajstić information content (AvgIpc) is 2.91. The number of fused-ring (bicyclic) bond motifs is 1. The number of hydrogen-bond donors (Lipinski definition) is 2. The number of piperazine rings is 1. The maximum atomic E-state index is 12.2. The van der Waals surface area contributed by atoms with Crippen LogP contribution in [0.2, 0.25) is 0 Å². The fourth-order valence-electron chi connectivity index (χ4n) is 2.40. The molecule has 20 heavy (non-hydrogen) atoms. The lowest BCUT2D eigenvalue weighted by Crippen LogP contribution is -2.51. The molecule has 6 nitrogen and oxygen atoms in total. The van der Waals surface area contributed by atoms with Gasteiger partial charge in [0.15, 0.2) is 0 Å². The van der Waals surface area contributed by atoms with E-state index in [1.165, 1.54) is 0 Å². The lowest BCUT2D eigenvalue weighted by molar-refractivity contribution is -0.118. The van der Waals surface area contributed by atoms with Crippen molar-refractivity contribution in [1.29, 1.82) is 0 Å². The van der Waals surface area contributed by atoms with E-state index in [0.29, 0.717) is 12.6 Å². The van der Waals surface area contributed by atoms with E-state index >= 15 is 0 Å². The molecule has 2 heterocycles. The highest BCUT2D eigenvalue weighted by atomic mass is 32.1. The predicted molar refractivity (Wildman–Crippen MR) is 80.5 cm³/mol. The van der Waals surface area contributed by atoms with E-state index in [4.69, 9.17) is 0 Å². The van der Waals surface area contributed by atoms with Crippen LogP contribution in [0.1, 0.15) is 6.92 Å². The van der Waals surface area contributed by atoms with E-state index < -0.39 is 0 Å². The molecule has 0 saturated carbocycles. The second-order valence-electron chi connectivity index (χ2n) is 5.01. The molecule has 1 atom stereocenters. The SMILES string of the molecule is C[C@@H]1CNCCN1CC(=O)Nc1cccc2c1N=S=N2. The normalized spacial score (nSPS) is 21.4. The Bertz CT molecular complexity index is 596. The standard InChI is InChI=1S/C13H17N5OS/c1-9-7-14-5-6-18(9)8-12(19)15-10-3-2-4-11-13(10)17-20-16-11/h2-4,9,14H,5-8H2,1H3,(H,15,19)/t9-/m1/s1. The van der Waals surface area contributed by atoms with Crippen LogP contribution in [-0.4, -0.2) is 43.0 Å². The van der Waals surface area contributed by atoms with Crippen LogP contribution in [0.5, 0.6) is 0 Å². The van der Waals surface area contributed by atoms with Crippen LogP contribution in [0.15, 0.2) is 26.9 Å². The lowest BCUT2D eigenvalue weighted by Gasteiger charge is -2.33. The smallest absolute Gasteiger partial charge is 0.238 e. The highest BCUT2D eigenvalue weighted by Gasteiger charge is 2.21. The van der Waals surface area contributed by atoms with E-state index in [0.717, 1.165) is 48.1 Å². The predicted octanol–water partition coefficient (Wildman–Crippen LogP) is 1.65. The number of anilines is 1. The molecule has 0 aliphatic carbocycles. The zero-order valence-electron chi connectivity index (χ0n) is 11.3. The molecule has 3 rings (SSSR count). The van der Waals surface area contributed by atoms with E-state index in [9.17, 15) is 4.79 Å². The molecule has 0 spiro atoms. The molecule has 1 aromatic carbocycles. The minimum atomic E-state index is -0.000694. The first-order valence-corrected chi connectivity index (χ1v) is 7.43. The number of carbonyl (C=O) groups is 1. The number of hydrogen-bond acceptors (Lipinski definition) is 5. The maximum absolute atomic E-state index is 12.2. The van der Waals surface area contributed by atoms with Crippen LogP contribution in [-0.2, 0) is 16.1 Å². The first-order chi connectivity index (χ1) is 9.74. The lowest BCUT2D eigenvalue weighted by atomic mass is 10.2. The van der Waals surface area contributed by atoms with Crippen LogP contribution in [0.3, 0.4) is 0 Å². The van der Waals surface area contributed by atoms with Crippen molar-refractivity contribution in [3.05, 3.63) is 18.2 Å². The Balaban J connectivity index is 1.65. The fraction of sp³-hybridized carbons (Fsp3) is 0.462. The largest absolute Gasteiger partial charge is 0.323 e. The molecule has 106 valence electrons. The molecule has 0 radical (unpaired) electrons. The van der Waals surface area contributed by atoms with Gasteiger partial charge in [-0.3, -0.25) is 9.69 Å². The highest BCUT2D eigenvalue weighted by molar-refractivity contribution is 7.58. The van der Waals surface area contributed by atoms with Crippen LogP contribution in [0.4, 0.5) is 17.1 Å². The number of carbonyl (C=O) groups excluding carboxylic acids is 1. The molecule has 2 N–H and O–H groups in total. The van der Waals surface area contributed by atoms with Crippen LogP contribution in [0.25, 0.3) is 0 Å². The highest BCUT2D eigenvalue weighted by Crippen LogP contribution is 2.38. The molecule has 0 aromatic heterocycles. The summed E-state index contributed by atoms with van der Waals surface area (Å²) in [6.07, 6.45) is 0. The quantitative estimate of drug-likeness (QED) is 0.903. The summed E-state index contributed by atoms with van der Waals surface area (Å²) in [6, 6.07) is 6.02. The Labute approximate surface area is 121 Å². The summed E-state index contributed by atoms with van der Waals surface area (Å²) >= 11 is 1.16. The molecule has 1 aromatic rings. The molecule has 1 saturated heterocycles. The van der Waals surface area contributed by atoms with E-state index in [1.807, 2.05) is 18.2 Å². The molecule has 0 bridgehead atoms.